The Labute approximate surface area is 195 Å². The molecule has 0 saturated carbocycles. The summed E-state index contributed by atoms with van der Waals surface area (Å²) in [5.74, 6) is 0.402. The molecule has 3 rings (SSSR count). The second kappa shape index (κ2) is 11.3. The van der Waals surface area contributed by atoms with Crippen molar-refractivity contribution in [2.24, 2.45) is 0 Å². The molecule has 8 heteroatoms. The number of benzene rings is 3. The van der Waals surface area contributed by atoms with Gasteiger partial charge in [0.05, 0.1) is 24.5 Å². The first-order chi connectivity index (χ1) is 16.3. The van der Waals surface area contributed by atoms with Crippen LogP contribution in [-0.2, 0) is 17.5 Å². The van der Waals surface area contributed by atoms with E-state index in [9.17, 15) is 23.1 Å². The van der Waals surface area contributed by atoms with Crippen LogP contribution in [0.3, 0.4) is 0 Å². The van der Waals surface area contributed by atoms with Gasteiger partial charge in [0, 0.05) is 0 Å². The van der Waals surface area contributed by atoms with Crippen molar-refractivity contribution in [1.29, 1.82) is 0 Å². The van der Waals surface area contributed by atoms with E-state index in [1.807, 2.05) is 6.07 Å². The number of rotatable bonds is 9. The lowest BCUT2D eigenvalue weighted by Crippen LogP contribution is -2.27. The number of carbonyl (C=O) groups is 1. The van der Waals surface area contributed by atoms with Crippen molar-refractivity contribution >= 4 is 12.2 Å². The average molecular weight is 471 g/mol. The summed E-state index contributed by atoms with van der Waals surface area (Å²) in [5, 5.41) is 11.7. The lowest BCUT2D eigenvalue weighted by molar-refractivity contribution is -0.137. The Hall–Kier alpha value is -3.94. The molecule has 0 spiro atoms. The molecule has 1 amide bonds. The van der Waals surface area contributed by atoms with E-state index in [1.54, 1.807) is 61.5 Å². The number of amides is 1. The highest BCUT2D eigenvalue weighted by molar-refractivity contribution is 5.66. The van der Waals surface area contributed by atoms with Crippen LogP contribution in [0.4, 0.5) is 18.0 Å². The van der Waals surface area contributed by atoms with Crippen LogP contribution in [0.2, 0.25) is 0 Å². The molecule has 0 fully saturated rings. The predicted molar refractivity (Wildman–Crippen MR) is 122 cm³/mol. The summed E-state index contributed by atoms with van der Waals surface area (Å²) in [6, 6.07) is 19.2. The molecule has 0 aliphatic rings. The van der Waals surface area contributed by atoms with Gasteiger partial charge in [0.1, 0.15) is 12.4 Å². The Morgan fingerprint density at radius 2 is 1.76 bits per heavy atom. The van der Waals surface area contributed by atoms with Gasteiger partial charge in [0.15, 0.2) is 0 Å². The normalized spacial score (nSPS) is 12.4. The molecule has 5 nitrogen and oxygen atoms in total. The summed E-state index contributed by atoms with van der Waals surface area (Å²) >= 11 is 0. The summed E-state index contributed by atoms with van der Waals surface area (Å²) < 4.78 is 51.4. The highest BCUT2D eigenvalue weighted by Gasteiger charge is 2.33. The SMILES string of the molecule is CCO/C=C/c1ccc(COc2cccc([C@@H](NC(=O)O)c3ccccc3)c2)cc1C(F)(F)F. The number of nitrogens with one attached hydrogen (secondary N) is 1. The third-order valence-electron chi connectivity index (χ3n) is 4.93. The second-order valence-electron chi connectivity index (χ2n) is 7.33. The van der Waals surface area contributed by atoms with E-state index in [4.69, 9.17) is 9.47 Å². The number of ether oxygens (including phenoxy) is 2. The van der Waals surface area contributed by atoms with Crippen LogP contribution in [0.1, 0.15) is 40.8 Å². The van der Waals surface area contributed by atoms with E-state index >= 15 is 0 Å². The fraction of sp³-hybridized carbons (Fsp3) is 0.192. The zero-order chi connectivity index (χ0) is 24.6. The van der Waals surface area contributed by atoms with Crippen LogP contribution < -0.4 is 10.1 Å². The maximum atomic E-state index is 13.5. The van der Waals surface area contributed by atoms with E-state index in [2.05, 4.69) is 5.32 Å². The molecular formula is C26H24F3NO4. The molecule has 0 heterocycles. The monoisotopic (exact) mass is 471 g/mol. The molecule has 0 unspecified atom stereocenters. The maximum absolute atomic E-state index is 13.5. The van der Waals surface area contributed by atoms with Crippen molar-refractivity contribution in [2.45, 2.75) is 25.7 Å². The van der Waals surface area contributed by atoms with Gasteiger partial charge in [-0.15, -0.1) is 0 Å². The second-order valence-corrected chi connectivity index (χ2v) is 7.33. The largest absolute Gasteiger partial charge is 0.501 e. The van der Waals surface area contributed by atoms with Crippen molar-refractivity contribution in [1.82, 2.24) is 5.32 Å². The molecule has 3 aromatic carbocycles. The smallest absolute Gasteiger partial charge is 0.416 e. The van der Waals surface area contributed by atoms with Gasteiger partial charge in [0.25, 0.3) is 0 Å². The van der Waals surface area contributed by atoms with Crippen LogP contribution in [0.15, 0.2) is 79.1 Å². The van der Waals surface area contributed by atoms with E-state index in [1.165, 1.54) is 18.4 Å². The Morgan fingerprint density at radius 3 is 2.44 bits per heavy atom. The Kier molecular flexibility index (Phi) is 8.19. The standard InChI is InChI=1S/C26H24F3NO4/c1-2-33-14-13-19-12-11-18(15-23(19)26(27,28)29)17-34-22-10-6-9-21(16-22)24(30-25(31)32)20-7-4-3-5-8-20/h3-16,24,30H,2,17H2,1H3,(H,31,32)/b14-13+/t24-/m0/s1. The molecule has 0 aliphatic heterocycles. The van der Waals surface area contributed by atoms with Crippen molar-refractivity contribution < 1.29 is 32.5 Å². The van der Waals surface area contributed by atoms with Crippen LogP contribution in [-0.4, -0.2) is 17.8 Å². The van der Waals surface area contributed by atoms with E-state index in [0.717, 1.165) is 11.6 Å². The van der Waals surface area contributed by atoms with Crippen LogP contribution in [0.5, 0.6) is 5.75 Å². The molecule has 1 atom stereocenters. The number of hydrogen-bond acceptors (Lipinski definition) is 3. The predicted octanol–water partition coefficient (Wildman–Crippen LogP) is 6.65. The van der Waals surface area contributed by atoms with Gasteiger partial charge in [-0.2, -0.15) is 13.2 Å². The Morgan fingerprint density at radius 1 is 1.03 bits per heavy atom. The summed E-state index contributed by atoms with van der Waals surface area (Å²) in [6.07, 6.45) is -3.20. The molecule has 34 heavy (non-hydrogen) atoms. The summed E-state index contributed by atoms with van der Waals surface area (Å²) in [7, 11) is 0. The van der Waals surface area contributed by atoms with Gasteiger partial charge in [0.2, 0.25) is 0 Å². The van der Waals surface area contributed by atoms with Crippen molar-refractivity contribution in [2.75, 3.05) is 6.61 Å². The topological polar surface area (TPSA) is 67.8 Å². The van der Waals surface area contributed by atoms with Crippen LogP contribution in [0, 0.1) is 0 Å². The van der Waals surface area contributed by atoms with Crippen molar-refractivity contribution in [3.05, 3.63) is 107 Å². The minimum atomic E-state index is -4.53. The summed E-state index contributed by atoms with van der Waals surface area (Å²) in [5.41, 5.74) is 0.936. The van der Waals surface area contributed by atoms with Gasteiger partial charge in [-0.1, -0.05) is 54.6 Å². The first-order valence-electron chi connectivity index (χ1n) is 10.5. The van der Waals surface area contributed by atoms with Crippen molar-refractivity contribution in [3.8, 4) is 5.75 Å². The third-order valence-corrected chi connectivity index (χ3v) is 4.93. The lowest BCUT2D eigenvalue weighted by atomic mass is 9.98. The molecule has 0 aliphatic carbocycles. The molecule has 0 radical (unpaired) electrons. The number of halogens is 3. The van der Waals surface area contributed by atoms with Gasteiger partial charge in [-0.3, -0.25) is 0 Å². The lowest BCUT2D eigenvalue weighted by Gasteiger charge is -2.19. The quantitative estimate of drug-likeness (QED) is 0.343. The van der Waals surface area contributed by atoms with Crippen LogP contribution in [0.25, 0.3) is 6.08 Å². The number of hydrogen-bond donors (Lipinski definition) is 2. The minimum Gasteiger partial charge on any atom is -0.501 e. The third kappa shape index (κ3) is 6.78. The average Bonchev–Trinajstić information content (AvgIpc) is 2.82. The van der Waals surface area contributed by atoms with Gasteiger partial charge >= 0.3 is 12.3 Å². The van der Waals surface area contributed by atoms with E-state index in [0.29, 0.717) is 23.5 Å². The zero-order valence-electron chi connectivity index (χ0n) is 18.4. The molecule has 0 saturated heterocycles. The zero-order valence-corrected chi connectivity index (χ0v) is 18.4. The molecular weight excluding hydrogens is 447 g/mol. The first kappa shape index (κ1) is 24.7. The Bertz CT molecular complexity index is 1130. The molecule has 0 bridgehead atoms. The fourth-order valence-electron chi connectivity index (χ4n) is 3.38. The van der Waals surface area contributed by atoms with Gasteiger partial charge < -0.3 is 19.9 Å². The van der Waals surface area contributed by atoms with Gasteiger partial charge in [-0.25, -0.2) is 4.79 Å². The van der Waals surface area contributed by atoms with Crippen LogP contribution >= 0.6 is 0 Å². The van der Waals surface area contributed by atoms with Crippen molar-refractivity contribution in [3.63, 3.8) is 0 Å². The highest BCUT2D eigenvalue weighted by atomic mass is 19.4. The summed E-state index contributed by atoms with van der Waals surface area (Å²) in [6.45, 7) is 2.00. The van der Waals surface area contributed by atoms with Gasteiger partial charge in [-0.05, 0) is 53.5 Å². The molecule has 0 aromatic heterocycles. The fourth-order valence-corrected chi connectivity index (χ4v) is 3.38. The number of carboxylic acid groups (broad SMARTS) is 1. The molecule has 2 N–H and O–H groups in total. The van der Waals surface area contributed by atoms with E-state index in [-0.39, 0.29) is 12.2 Å². The first-order valence-corrected chi connectivity index (χ1v) is 10.5. The maximum Gasteiger partial charge on any atom is 0.416 e. The Balaban J connectivity index is 1.81. The highest BCUT2D eigenvalue weighted by Crippen LogP contribution is 2.34. The minimum absolute atomic E-state index is 0.00264. The molecule has 178 valence electrons. The summed E-state index contributed by atoms with van der Waals surface area (Å²) in [4.78, 5) is 11.3. The molecule has 3 aromatic rings. The number of alkyl halides is 3. The van der Waals surface area contributed by atoms with E-state index < -0.39 is 23.9 Å².